The van der Waals surface area contributed by atoms with Crippen LogP contribution in [0.2, 0.25) is 5.02 Å². The Hall–Kier alpha value is -3.00. The highest BCUT2D eigenvalue weighted by Gasteiger charge is 2.33. The van der Waals surface area contributed by atoms with E-state index < -0.39 is 0 Å². The molecule has 0 unspecified atom stereocenters. The smallest absolute Gasteiger partial charge is 0.270 e. The number of thioether (sulfide) groups is 1. The van der Waals surface area contributed by atoms with E-state index in [0.717, 1.165) is 5.56 Å². The first-order valence-electron chi connectivity index (χ1n) is 8.86. The highest BCUT2D eigenvalue weighted by Crippen LogP contribution is 2.35. The molecule has 2 amide bonds. The molecule has 5 nitrogen and oxygen atoms in total. The average Bonchev–Trinajstić information content (AvgIpc) is 3.02. The van der Waals surface area contributed by atoms with Crippen LogP contribution >= 0.6 is 35.6 Å². The lowest BCUT2D eigenvalue weighted by Crippen LogP contribution is -2.27. The molecule has 0 atom stereocenters. The molecular formula is C22H14ClN3O2S2. The zero-order valence-corrected chi connectivity index (χ0v) is 17.8. The van der Waals surface area contributed by atoms with E-state index in [1.165, 1.54) is 16.7 Å². The number of halogens is 1. The summed E-state index contributed by atoms with van der Waals surface area (Å²) in [5.74, 6) is -0.444. The number of hydrogen-bond acceptors (Lipinski definition) is 5. The van der Waals surface area contributed by atoms with Crippen molar-refractivity contribution in [3.63, 3.8) is 0 Å². The van der Waals surface area contributed by atoms with Crippen LogP contribution in [-0.2, 0) is 4.79 Å². The van der Waals surface area contributed by atoms with Crippen LogP contribution in [0.15, 0.2) is 78.0 Å². The van der Waals surface area contributed by atoms with Crippen LogP contribution in [0, 0.1) is 0 Å². The monoisotopic (exact) mass is 451 g/mol. The Morgan fingerprint density at radius 1 is 1.13 bits per heavy atom. The van der Waals surface area contributed by atoms with Gasteiger partial charge in [-0.1, -0.05) is 47.7 Å². The van der Waals surface area contributed by atoms with Crippen LogP contribution in [0.4, 0.5) is 11.4 Å². The normalized spacial score (nSPS) is 15.0. The fourth-order valence-corrected chi connectivity index (χ4v) is 4.26. The molecule has 0 radical (unpaired) electrons. The molecule has 2 aromatic carbocycles. The van der Waals surface area contributed by atoms with Crippen molar-refractivity contribution in [3.05, 3.63) is 94.1 Å². The minimum Gasteiger partial charge on any atom is -0.322 e. The van der Waals surface area contributed by atoms with Crippen LogP contribution in [0.3, 0.4) is 0 Å². The van der Waals surface area contributed by atoms with Crippen molar-refractivity contribution in [2.75, 3.05) is 10.2 Å². The minimum atomic E-state index is -0.244. The van der Waals surface area contributed by atoms with Gasteiger partial charge in [-0.05, 0) is 60.2 Å². The standard InChI is InChI=1S/C22H14ClN3O2S2/c23-16-8-6-15(7-9-16)20(27)25-17-4-1-3-14(11-17)12-19-21(28)26(22(29)30-19)18-5-2-10-24-13-18/h1-13H,(H,25,27)/b19-12-. The molecule has 1 aliphatic rings. The minimum absolute atomic E-state index is 0.200. The SMILES string of the molecule is O=C(Nc1cccc(/C=C2\SC(=S)N(c3cccnc3)C2=O)c1)c1ccc(Cl)cc1. The summed E-state index contributed by atoms with van der Waals surface area (Å²) < 4.78 is 0.450. The number of benzene rings is 2. The van der Waals surface area contributed by atoms with E-state index in [0.29, 0.717) is 31.2 Å². The second-order valence-electron chi connectivity index (χ2n) is 6.31. The number of aromatic nitrogens is 1. The summed E-state index contributed by atoms with van der Waals surface area (Å²) in [6.45, 7) is 0. The molecule has 8 heteroatoms. The molecule has 4 rings (SSSR count). The summed E-state index contributed by atoms with van der Waals surface area (Å²) in [6.07, 6.45) is 5.00. The van der Waals surface area contributed by atoms with Crippen molar-refractivity contribution in [2.45, 2.75) is 0 Å². The predicted octanol–water partition coefficient (Wildman–Crippen LogP) is 5.39. The van der Waals surface area contributed by atoms with Gasteiger partial charge in [0.2, 0.25) is 0 Å². The molecule has 148 valence electrons. The number of carbonyl (C=O) groups excluding carboxylic acids is 2. The second-order valence-corrected chi connectivity index (χ2v) is 8.43. The number of anilines is 2. The van der Waals surface area contributed by atoms with Gasteiger partial charge in [-0.2, -0.15) is 0 Å². The van der Waals surface area contributed by atoms with Crippen molar-refractivity contribution >= 4 is 69.2 Å². The van der Waals surface area contributed by atoms with Gasteiger partial charge >= 0.3 is 0 Å². The summed E-state index contributed by atoms with van der Waals surface area (Å²) in [6, 6.07) is 17.4. The van der Waals surface area contributed by atoms with Gasteiger partial charge < -0.3 is 5.32 Å². The molecule has 30 heavy (non-hydrogen) atoms. The molecule has 0 aliphatic carbocycles. The number of amides is 2. The van der Waals surface area contributed by atoms with Gasteiger partial charge in [-0.15, -0.1) is 0 Å². The lowest BCUT2D eigenvalue weighted by molar-refractivity contribution is -0.113. The zero-order valence-electron chi connectivity index (χ0n) is 15.4. The summed E-state index contributed by atoms with van der Waals surface area (Å²) >= 11 is 12.5. The number of pyridine rings is 1. The van der Waals surface area contributed by atoms with Crippen molar-refractivity contribution in [1.82, 2.24) is 4.98 Å². The van der Waals surface area contributed by atoms with E-state index in [2.05, 4.69) is 10.3 Å². The van der Waals surface area contributed by atoms with Crippen LogP contribution in [-0.4, -0.2) is 21.1 Å². The Labute approximate surface area is 187 Å². The van der Waals surface area contributed by atoms with Gasteiger partial charge in [-0.25, -0.2) is 0 Å². The predicted molar refractivity (Wildman–Crippen MR) is 126 cm³/mol. The van der Waals surface area contributed by atoms with Gasteiger partial charge in [0, 0.05) is 22.5 Å². The third kappa shape index (κ3) is 4.43. The van der Waals surface area contributed by atoms with E-state index in [1.807, 2.05) is 12.1 Å². The Morgan fingerprint density at radius 2 is 1.93 bits per heavy atom. The zero-order chi connectivity index (χ0) is 21.1. The molecule has 1 saturated heterocycles. The third-order valence-electron chi connectivity index (χ3n) is 4.25. The van der Waals surface area contributed by atoms with Gasteiger partial charge in [-0.3, -0.25) is 19.5 Å². The largest absolute Gasteiger partial charge is 0.322 e. The molecule has 2 heterocycles. The van der Waals surface area contributed by atoms with Crippen molar-refractivity contribution in [2.24, 2.45) is 0 Å². The van der Waals surface area contributed by atoms with Crippen LogP contribution in [0.25, 0.3) is 6.08 Å². The van der Waals surface area contributed by atoms with Crippen molar-refractivity contribution in [3.8, 4) is 0 Å². The summed E-state index contributed by atoms with van der Waals surface area (Å²) in [4.78, 5) is 31.3. The third-order valence-corrected chi connectivity index (χ3v) is 5.80. The van der Waals surface area contributed by atoms with Gasteiger partial charge in [0.15, 0.2) is 4.32 Å². The lowest BCUT2D eigenvalue weighted by Gasteiger charge is -2.13. The summed E-state index contributed by atoms with van der Waals surface area (Å²) in [7, 11) is 0. The van der Waals surface area contributed by atoms with E-state index in [1.54, 1.807) is 67.0 Å². The first-order valence-corrected chi connectivity index (χ1v) is 10.5. The average molecular weight is 452 g/mol. The molecule has 1 aliphatic heterocycles. The number of rotatable bonds is 4. The molecule has 0 bridgehead atoms. The Kier molecular flexibility index (Phi) is 5.94. The van der Waals surface area contributed by atoms with Gasteiger partial charge in [0.05, 0.1) is 16.8 Å². The number of nitrogens with zero attached hydrogens (tertiary/aromatic N) is 2. The highest BCUT2D eigenvalue weighted by atomic mass is 35.5. The maximum Gasteiger partial charge on any atom is 0.270 e. The van der Waals surface area contributed by atoms with Crippen molar-refractivity contribution in [1.29, 1.82) is 0 Å². The van der Waals surface area contributed by atoms with Gasteiger partial charge in [0.1, 0.15) is 0 Å². The molecule has 0 spiro atoms. The maximum absolute atomic E-state index is 12.8. The number of carbonyl (C=O) groups is 2. The molecule has 0 saturated carbocycles. The van der Waals surface area contributed by atoms with Crippen LogP contribution < -0.4 is 10.2 Å². The van der Waals surface area contributed by atoms with Gasteiger partial charge in [0.25, 0.3) is 11.8 Å². The number of hydrogen-bond donors (Lipinski definition) is 1. The molecule has 3 aromatic rings. The Balaban J connectivity index is 1.53. The molecular weight excluding hydrogens is 438 g/mol. The summed E-state index contributed by atoms with van der Waals surface area (Å²) in [5.41, 5.74) is 2.52. The first-order chi connectivity index (χ1) is 14.5. The lowest BCUT2D eigenvalue weighted by atomic mass is 10.1. The fourth-order valence-electron chi connectivity index (χ4n) is 2.84. The van der Waals surface area contributed by atoms with Crippen LogP contribution in [0.5, 0.6) is 0 Å². The fraction of sp³-hybridized carbons (Fsp3) is 0. The first kappa shape index (κ1) is 20.3. The van der Waals surface area contributed by atoms with E-state index in [4.69, 9.17) is 23.8 Å². The number of thiocarbonyl (C=S) groups is 1. The highest BCUT2D eigenvalue weighted by molar-refractivity contribution is 8.27. The Morgan fingerprint density at radius 3 is 2.67 bits per heavy atom. The van der Waals surface area contributed by atoms with Crippen LogP contribution in [0.1, 0.15) is 15.9 Å². The summed E-state index contributed by atoms with van der Waals surface area (Å²) in [5, 5.41) is 3.42. The van der Waals surface area contributed by atoms with Crippen molar-refractivity contribution < 1.29 is 9.59 Å². The maximum atomic E-state index is 12.8. The quantitative estimate of drug-likeness (QED) is 0.425. The number of nitrogens with one attached hydrogen (secondary N) is 1. The molecule has 1 fully saturated rings. The van der Waals surface area contributed by atoms with E-state index in [9.17, 15) is 9.59 Å². The molecule has 1 N–H and O–H groups in total. The Bertz CT molecular complexity index is 1160. The van der Waals surface area contributed by atoms with E-state index in [-0.39, 0.29) is 11.8 Å². The molecule has 1 aromatic heterocycles. The van der Waals surface area contributed by atoms with E-state index >= 15 is 0 Å². The topological polar surface area (TPSA) is 62.3 Å². The second kappa shape index (κ2) is 8.79.